The second kappa shape index (κ2) is 6.91. The third-order valence-corrected chi connectivity index (χ3v) is 3.30. The average molecular weight is 302 g/mol. The molecule has 22 heavy (non-hydrogen) atoms. The molecule has 0 aromatic heterocycles. The molecule has 6 nitrogen and oxygen atoms in total. The van der Waals surface area contributed by atoms with Crippen LogP contribution in [0.3, 0.4) is 0 Å². The van der Waals surface area contributed by atoms with Gasteiger partial charge in [0.2, 0.25) is 0 Å². The van der Waals surface area contributed by atoms with E-state index in [-0.39, 0.29) is 11.4 Å². The van der Waals surface area contributed by atoms with Gasteiger partial charge < -0.3 is 15.2 Å². The quantitative estimate of drug-likeness (QED) is 0.633. The summed E-state index contributed by atoms with van der Waals surface area (Å²) in [5.41, 5.74) is 2.45. The molecule has 0 saturated heterocycles. The minimum atomic E-state index is -0.666. The van der Waals surface area contributed by atoms with Gasteiger partial charge in [-0.1, -0.05) is 29.8 Å². The average Bonchev–Trinajstić information content (AvgIpc) is 2.52. The van der Waals surface area contributed by atoms with Gasteiger partial charge in [0.25, 0.3) is 0 Å². The number of aliphatic hydroxyl groups is 1. The topological polar surface area (TPSA) is 84.6 Å². The van der Waals surface area contributed by atoms with Crippen LogP contribution in [0.1, 0.15) is 17.2 Å². The van der Waals surface area contributed by atoms with Gasteiger partial charge in [0.15, 0.2) is 5.75 Å². The number of aliphatic hydroxyl groups excluding tert-OH is 1. The lowest BCUT2D eigenvalue weighted by molar-refractivity contribution is -0.385. The van der Waals surface area contributed by atoms with Gasteiger partial charge in [-0.25, -0.2) is 0 Å². The van der Waals surface area contributed by atoms with Crippen molar-refractivity contribution in [1.29, 1.82) is 0 Å². The molecule has 1 atom stereocenters. The molecule has 0 saturated carbocycles. The summed E-state index contributed by atoms with van der Waals surface area (Å²) in [6, 6.07) is 12.1. The van der Waals surface area contributed by atoms with Gasteiger partial charge in [-0.2, -0.15) is 0 Å². The fourth-order valence-corrected chi connectivity index (χ4v) is 2.15. The largest absolute Gasteiger partial charge is 0.490 e. The van der Waals surface area contributed by atoms with Crippen molar-refractivity contribution in [3.8, 4) is 5.75 Å². The van der Waals surface area contributed by atoms with Crippen molar-refractivity contribution in [2.45, 2.75) is 13.0 Å². The molecule has 2 rings (SSSR count). The first kappa shape index (κ1) is 15.8. The van der Waals surface area contributed by atoms with Crippen LogP contribution >= 0.6 is 0 Å². The number of aryl methyl sites for hydroxylation is 1. The number of hydrogen-bond donors (Lipinski definition) is 2. The molecule has 0 bridgehead atoms. The molecular formula is C16H18N2O4. The standard InChI is InChI=1S/C16H18N2O4/c1-11-4-3-5-12(8-11)15(19)10-17-13-6-7-14(18(20)21)16(9-13)22-2/h3-9,15,17,19H,10H2,1-2H3. The molecule has 116 valence electrons. The summed E-state index contributed by atoms with van der Waals surface area (Å²) in [6.07, 6.45) is -0.666. The van der Waals surface area contributed by atoms with Crippen LogP contribution in [0.15, 0.2) is 42.5 Å². The first-order valence-electron chi connectivity index (χ1n) is 6.82. The minimum absolute atomic E-state index is 0.0905. The maximum Gasteiger partial charge on any atom is 0.311 e. The van der Waals surface area contributed by atoms with Crippen LogP contribution in [0.2, 0.25) is 0 Å². The number of nitro benzene ring substituents is 1. The lowest BCUT2D eigenvalue weighted by Gasteiger charge is -2.14. The van der Waals surface area contributed by atoms with E-state index in [9.17, 15) is 15.2 Å². The zero-order valence-corrected chi connectivity index (χ0v) is 12.4. The Morgan fingerprint density at radius 1 is 1.32 bits per heavy atom. The summed E-state index contributed by atoms with van der Waals surface area (Å²) < 4.78 is 5.01. The lowest BCUT2D eigenvalue weighted by Crippen LogP contribution is -2.12. The summed E-state index contributed by atoms with van der Waals surface area (Å²) >= 11 is 0. The van der Waals surface area contributed by atoms with Crippen molar-refractivity contribution >= 4 is 11.4 Å². The molecule has 0 amide bonds. The van der Waals surface area contributed by atoms with Crippen LogP contribution in [0.5, 0.6) is 5.75 Å². The van der Waals surface area contributed by atoms with Crippen LogP contribution in [-0.4, -0.2) is 23.7 Å². The Hall–Kier alpha value is -2.60. The molecule has 1 unspecified atom stereocenters. The Morgan fingerprint density at radius 2 is 2.09 bits per heavy atom. The highest BCUT2D eigenvalue weighted by atomic mass is 16.6. The van der Waals surface area contributed by atoms with E-state index in [1.165, 1.54) is 13.2 Å². The van der Waals surface area contributed by atoms with Crippen LogP contribution in [-0.2, 0) is 0 Å². The zero-order chi connectivity index (χ0) is 16.1. The Balaban J connectivity index is 2.06. The van der Waals surface area contributed by atoms with Crippen molar-refractivity contribution in [3.63, 3.8) is 0 Å². The summed E-state index contributed by atoms with van der Waals surface area (Å²) in [4.78, 5) is 10.3. The van der Waals surface area contributed by atoms with Gasteiger partial charge in [-0.3, -0.25) is 10.1 Å². The predicted octanol–water partition coefficient (Wildman–Crippen LogP) is 3.06. The number of nitro groups is 1. The maximum atomic E-state index is 10.8. The molecule has 2 N–H and O–H groups in total. The second-order valence-corrected chi connectivity index (χ2v) is 4.95. The molecular weight excluding hydrogens is 284 g/mol. The molecule has 0 aliphatic carbocycles. The number of methoxy groups -OCH3 is 1. The van der Waals surface area contributed by atoms with Gasteiger partial charge in [-0.15, -0.1) is 0 Å². The van der Waals surface area contributed by atoms with Gasteiger partial charge >= 0.3 is 5.69 Å². The number of hydrogen-bond acceptors (Lipinski definition) is 5. The van der Waals surface area contributed by atoms with E-state index in [2.05, 4.69) is 5.32 Å². The number of rotatable bonds is 6. The molecule has 0 aliphatic heterocycles. The Bertz CT molecular complexity index is 673. The smallest absolute Gasteiger partial charge is 0.311 e. The molecule has 0 aliphatic rings. The van der Waals surface area contributed by atoms with Gasteiger partial charge in [0.05, 0.1) is 18.1 Å². The van der Waals surface area contributed by atoms with E-state index in [0.717, 1.165) is 11.1 Å². The first-order valence-corrected chi connectivity index (χ1v) is 6.82. The molecule has 0 spiro atoms. The van der Waals surface area contributed by atoms with Gasteiger partial charge in [-0.05, 0) is 18.6 Å². The van der Waals surface area contributed by atoms with Gasteiger partial charge in [0.1, 0.15) is 0 Å². The SMILES string of the molecule is COc1cc(NCC(O)c2cccc(C)c2)ccc1[N+](=O)[O-]. The molecule has 0 heterocycles. The van der Waals surface area contributed by atoms with Crippen LogP contribution < -0.4 is 10.1 Å². The van der Waals surface area contributed by atoms with E-state index >= 15 is 0 Å². The van der Waals surface area contributed by atoms with Crippen molar-refractivity contribution in [1.82, 2.24) is 0 Å². The molecule has 2 aromatic rings. The van der Waals surface area contributed by atoms with E-state index in [1.807, 2.05) is 31.2 Å². The molecule has 0 fully saturated rings. The van der Waals surface area contributed by atoms with Crippen LogP contribution in [0, 0.1) is 17.0 Å². The molecule has 2 aromatic carbocycles. The highest BCUT2D eigenvalue weighted by molar-refractivity contribution is 5.58. The Kier molecular flexibility index (Phi) is 4.95. The Labute approximate surface area is 128 Å². The van der Waals surface area contributed by atoms with Crippen molar-refractivity contribution in [3.05, 3.63) is 63.7 Å². The molecule has 0 radical (unpaired) electrons. The number of ether oxygens (including phenoxy) is 1. The second-order valence-electron chi connectivity index (χ2n) is 4.95. The Morgan fingerprint density at radius 3 is 2.73 bits per heavy atom. The summed E-state index contributed by atoms with van der Waals surface area (Å²) in [6.45, 7) is 2.26. The highest BCUT2D eigenvalue weighted by Gasteiger charge is 2.15. The molecule has 6 heteroatoms. The number of nitrogens with one attached hydrogen (secondary N) is 1. The lowest BCUT2D eigenvalue weighted by atomic mass is 10.1. The summed E-state index contributed by atoms with van der Waals surface area (Å²) in [7, 11) is 1.38. The van der Waals surface area contributed by atoms with E-state index in [0.29, 0.717) is 12.2 Å². The van der Waals surface area contributed by atoms with Crippen molar-refractivity contribution in [2.24, 2.45) is 0 Å². The van der Waals surface area contributed by atoms with Gasteiger partial charge in [0, 0.05) is 24.4 Å². The monoisotopic (exact) mass is 302 g/mol. The highest BCUT2D eigenvalue weighted by Crippen LogP contribution is 2.29. The van der Waals surface area contributed by atoms with E-state index in [1.54, 1.807) is 12.1 Å². The number of benzene rings is 2. The van der Waals surface area contributed by atoms with Crippen LogP contribution in [0.25, 0.3) is 0 Å². The first-order chi connectivity index (χ1) is 10.5. The summed E-state index contributed by atoms with van der Waals surface area (Å²) in [5.74, 6) is 0.181. The zero-order valence-electron chi connectivity index (χ0n) is 12.4. The van der Waals surface area contributed by atoms with Crippen molar-refractivity contribution < 1.29 is 14.8 Å². The number of anilines is 1. The fraction of sp³-hybridized carbons (Fsp3) is 0.250. The van der Waals surface area contributed by atoms with E-state index < -0.39 is 11.0 Å². The third-order valence-electron chi connectivity index (χ3n) is 3.30. The maximum absolute atomic E-state index is 10.8. The third kappa shape index (κ3) is 3.73. The fourth-order valence-electron chi connectivity index (χ4n) is 2.15. The number of nitrogens with zero attached hydrogens (tertiary/aromatic N) is 1. The summed E-state index contributed by atoms with van der Waals surface area (Å²) in [5, 5.41) is 24.1. The predicted molar refractivity (Wildman–Crippen MR) is 84.3 cm³/mol. The van der Waals surface area contributed by atoms with E-state index in [4.69, 9.17) is 4.74 Å². The van der Waals surface area contributed by atoms with Crippen LogP contribution in [0.4, 0.5) is 11.4 Å². The minimum Gasteiger partial charge on any atom is -0.490 e. The van der Waals surface area contributed by atoms with Crippen molar-refractivity contribution in [2.75, 3.05) is 19.0 Å². The normalized spacial score (nSPS) is 11.8.